The molecule has 0 atom stereocenters. The van der Waals surface area contributed by atoms with Gasteiger partial charge >= 0.3 is 0 Å². The third kappa shape index (κ3) is 5.60. The average molecular weight is 341 g/mol. The fraction of sp³-hybridized carbons (Fsp3) is 0.474. The van der Waals surface area contributed by atoms with Crippen molar-refractivity contribution < 1.29 is 4.52 Å². The Hall–Kier alpha value is -2.34. The second-order valence-corrected chi connectivity index (χ2v) is 6.42. The van der Waals surface area contributed by atoms with Gasteiger partial charge in [0.1, 0.15) is 12.0 Å². The minimum Gasteiger partial charge on any atom is -0.364 e. The maximum Gasteiger partial charge on any atom is 0.191 e. The van der Waals surface area contributed by atoms with Crippen LogP contribution in [0, 0.1) is 0 Å². The predicted octanol–water partition coefficient (Wildman–Crippen LogP) is 2.53. The molecule has 1 aliphatic heterocycles. The van der Waals surface area contributed by atoms with Gasteiger partial charge < -0.3 is 15.2 Å². The summed E-state index contributed by atoms with van der Waals surface area (Å²) < 4.78 is 4.82. The van der Waals surface area contributed by atoms with Crippen molar-refractivity contribution in [1.29, 1.82) is 0 Å². The summed E-state index contributed by atoms with van der Waals surface area (Å²) in [5, 5.41) is 10.4. The first-order chi connectivity index (χ1) is 12.3. The van der Waals surface area contributed by atoms with Crippen molar-refractivity contribution in [1.82, 2.24) is 20.7 Å². The van der Waals surface area contributed by atoms with Gasteiger partial charge in [-0.25, -0.2) is 0 Å². The first-order valence-corrected chi connectivity index (χ1v) is 8.97. The second-order valence-electron chi connectivity index (χ2n) is 6.42. The zero-order chi connectivity index (χ0) is 17.3. The summed E-state index contributed by atoms with van der Waals surface area (Å²) >= 11 is 0. The minimum absolute atomic E-state index is 0.588. The number of hydrogen-bond acceptors (Lipinski definition) is 4. The molecule has 3 rings (SSSR count). The molecular formula is C19H27N5O. The number of hydrogen-bond donors (Lipinski definition) is 2. The van der Waals surface area contributed by atoms with Crippen LogP contribution < -0.4 is 10.6 Å². The van der Waals surface area contributed by atoms with Crippen LogP contribution in [-0.4, -0.2) is 36.2 Å². The van der Waals surface area contributed by atoms with Gasteiger partial charge in [-0.1, -0.05) is 35.8 Å². The maximum absolute atomic E-state index is 4.82. The van der Waals surface area contributed by atoms with E-state index in [-0.39, 0.29) is 0 Å². The van der Waals surface area contributed by atoms with E-state index in [2.05, 4.69) is 49.9 Å². The lowest BCUT2D eigenvalue weighted by Gasteiger charge is -2.26. The van der Waals surface area contributed by atoms with Crippen molar-refractivity contribution in [2.75, 3.05) is 20.1 Å². The molecule has 25 heavy (non-hydrogen) atoms. The first-order valence-electron chi connectivity index (χ1n) is 8.97. The van der Waals surface area contributed by atoms with Gasteiger partial charge in [0.15, 0.2) is 5.96 Å². The summed E-state index contributed by atoms with van der Waals surface area (Å²) in [6.07, 6.45) is 5.62. The van der Waals surface area contributed by atoms with E-state index in [1.807, 2.05) is 6.07 Å². The molecule has 1 saturated heterocycles. The lowest BCUT2D eigenvalue weighted by molar-refractivity contribution is 0.221. The zero-order valence-corrected chi connectivity index (χ0v) is 14.9. The summed E-state index contributed by atoms with van der Waals surface area (Å²) in [6, 6.07) is 10.7. The molecule has 0 aliphatic carbocycles. The Labute approximate surface area is 149 Å². The lowest BCUT2D eigenvalue weighted by atomic mass is 10.1. The second kappa shape index (κ2) is 9.22. The molecule has 2 N–H and O–H groups in total. The van der Waals surface area contributed by atoms with Gasteiger partial charge in [0.05, 0.1) is 6.54 Å². The predicted molar refractivity (Wildman–Crippen MR) is 99.1 cm³/mol. The highest BCUT2D eigenvalue weighted by molar-refractivity contribution is 5.79. The van der Waals surface area contributed by atoms with Crippen LogP contribution in [-0.2, 0) is 19.6 Å². The molecule has 6 nitrogen and oxygen atoms in total. The summed E-state index contributed by atoms with van der Waals surface area (Å²) in [5.41, 5.74) is 3.48. The van der Waals surface area contributed by atoms with E-state index in [1.54, 1.807) is 13.3 Å². The Balaban J connectivity index is 1.44. The number of benzene rings is 1. The molecule has 134 valence electrons. The number of aromatic nitrogens is 1. The van der Waals surface area contributed by atoms with Crippen molar-refractivity contribution in [2.45, 2.75) is 38.9 Å². The van der Waals surface area contributed by atoms with E-state index in [1.165, 1.54) is 43.5 Å². The van der Waals surface area contributed by atoms with E-state index in [0.717, 1.165) is 24.7 Å². The highest BCUT2D eigenvalue weighted by Crippen LogP contribution is 2.13. The number of guanidine groups is 1. The Morgan fingerprint density at radius 3 is 2.44 bits per heavy atom. The Morgan fingerprint density at radius 2 is 1.76 bits per heavy atom. The Kier molecular flexibility index (Phi) is 6.45. The fourth-order valence-electron chi connectivity index (χ4n) is 3.05. The maximum atomic E-state index is 4.82. The largest absolute Gasteiger partial charge is 0.364 e. The molecule has 0 bridgehead atoms. The number of aliphatic imine (C=N–C) groups is 1. The van der Waals surface area contributed by atoms with Gasteiger partial charge in [-0.2, -0.15) is 0 Å². The molecule has 0 amide bonds. The highest BCUT2D eigenvalue weighted by Gasteiger charge is 2.10. The smallest absolute Gasteiger partial charge is 0.191 e. The van der Waals surface area contributed by atoms with E-state index < -0.39 is 0 Å². The summed E-state index contributed by atoms with van der Waals surface area (Å²) in [7, 11) is 1.76. The van der Waals surface area contributed by atoms with Crippen molar-refractivity contribution >= 4 is 5.96 Å². The summed E-state index contributed by atoms with van der Waals surface area (Å²) in [6.45, 7) is 4.86. The molecule has 0 unspecified atom stereocenters. The summed E-state index contributed by atoms with van der Waals surface area (Å²) in [5.74, 6) is 0.750. The molecular weight excluding hydrogens is 314 g/mol. The molecule has 1 fully saturated rings. The van der Waals surface area contributed by atoms with Crippen molar-refractivity contribution in [3.05, 3.63) is 53.4 Å². The fourth-order valence-corrected chi connectivity index (χ4v) is 3.05. The molecule has 1 aromatic heterocycles. The van der Waals surface area contributed by atoms with Gasteiger partial charge in [-0.05, 0) is 37.1 Å². The number of nitrogens with zero attached hydrogens (tertiary/aromatic N) is 3. The van der Waals surface area contributed by atoms with Crippen LogP contribution in [0.25, 0.3) is 0 Å². The number of rotatable bonds is 6. The van der Waals surface area contributed by atoms with Gasteiger partial charge in [-0.3, -0.25) is 9.89 Å². The van der Waals surface area contributed by atoms with Crippen LogP contribution >= 0.6 is 0 Å². The Morgan fingerprint density at radius 1 is 1.04 bits per heavy atom. The molecule has 6 heteroatoms. The van der Waals surface area contributed by atoms with E-state index in [0.29, 0.717) is 6.54 Å². The molecule has 2 aromatic rings. The number of nitrogens with one attached hydrogen (secondary N) is 2. The van der Waals surface area contributed by atoms with Gasteiger partial charge in [-0.15, -0.1) is 0 Å². The van der Waals surface area contributed by atoms with Crippen molar-refractivity contribution in [2.24, 2.45) is 4.99 Å². The molecule has 0 saturated carbocycles. The van der Waals surface area contributed by atoms with Crippen LogP contribution in [0.4, 0.5) is 0 Å². The number of likely N-dealkylation sites (tertiary alicyclic amines) is 1. The average Bonchev–Trinajstić information content (AvgIpc) is 3.18. The highest BCUT2D eigenvalue weighted by atomic mass is 16.5. The van der Waals surface area contributed by atoms with Gasteiger partial charge in [0.2, 0.25) is 0 Å². The third-order valence-electron chi connectivity index (χ3n) is 4.49. The Bertz CT molecular complexity index is 645. The van der Waals surface area contributed by atoms with E-state index >= 15 is 0 Å². The van der Waals surface area contributed by atoms with Crippen molar-refractivity contribution in [3.8, 4) is 0 Å². The molecule has 2 heterocycles. The summed E-state index contributed by atoms with van der Waals surface area (Å²) in [4.78, 5) is 6.77. The quantitative estimate of drug-likeness (QED) is 0.624. The minimum atomic E-state index is 0.588. The van der Waals surface area contributed by atoms with Gasteiger partial charge in [0, 0.05) is 26.2 Å². The van der Waals surface area contributed by atoms with Crippen LogP contribution in [0.2, 0.25) is 0 Å². The SMILES string of the molecule is CN=C(NCc1ccc(CN2CCCCC2)cc1)NCc1ccon1. The van der Waals surface area contributed by atoms with Gasteiger partial charge in [0.25, 0.3) is 0 Å². The van der Waals surface area contributed by atoms with Crippen LogP contribution in [0.15, 0.2) is 46.1 Å². The number of piperidine rings is 1. The first kappa shape index (κ1) is 17.5. The van der Waals surface area contributed by atoms with E-state index in [4.69, 9.17) is 4.52 Å². The topological polar surface area (TPSA) is 65.7 Å². The molecule has 1 aromatic carbocycles. The van der Waals surface area contributed by atoms with Crippen molar-refractivity contribution in [3.63, 3.8) is 0 Å². The lowest BCUT2D eigenvalue weighted by Crippen LogP contribution is -2.36. The molecule has 0 radical (unpaired) electrons. The normalized spacial score (nSPS) is 16.0. The van der Waals surface area contributed by atoms with E-state index in [9.17, 15) is 0 Å². The third-order valence-corrected chi connectivity index (χ3v) is 4.49. The monoisotopic (exact) mass is 341 g/mol. The van der Waals surface area contributed by atoms with Crippen LogP contribution in [0.3, 0.4) is 0 Å². The zero-order valence-electron chi connectivity index (χ0n) is 14.9. The van der Waals surface area contributed by atoms with Crippen LogP contribution in [0.5, 0.6) is 0 Å². The molecule has 1 aliphatic rings. The van der Waals surface area contributed by atoms with Crippen LogP contribution in [0.1, 0.15) is 36.1 Å². The molecule has 0 spiro atoms. The standard InChI is InChI=1S/C19H27N5O/c1-20-19(22-14-18-9-12-25-23-18)21-13-16-5-7-17(8-6-16)15-24-10-3-2-4-11-24/h5-9,12H,2-4,10-11,13-15H2,1H3,(H2,20,21,22).